The Labute approximate surface area is 117 Å². The van der Waals surface area contributed by atoms with E-state index in [1.165, 1.54) is 5.56 Å². The molecule has 1 aliphatic rings. The Bertz CT molecular complexity index is 627. The highest BCUT2D eigenvalue weighted by Crippen LogP contribution is 2.35. The summed E-state index contributed by atoms with van der Waals surface area (Å²) in [4.78, 5) is 11.0. The quantitative estimate of drug-likeness (QED) is 0.686. The lowest BCUT2D eigenvalue weighted by Crippen LogP contribution is -2.52. The molecule has 0 aliphatic carbocycles. The first kappa shape index (κ1) is 12.8. The van der Waals surface area contributed by atoms with Crippen LogP contribution in [0.5, 0.6) is 0 Å². The van der Waals surface area contributed by atoms with E-state index >= 15 is 0 Å². The van der Waals surface area contributed by atoms with Gasteiger partial charge in [-0.15, -0.1) is 0 Å². The molecule has 0 bridgehead atoms. The fraction of sp³-hybridized carbons (Fsp3) is 0.250. The van der Waals surface area contributed by atoms with E-state index in [9.17, 15) is 10.1 Å². The predicted octanol–water partition coefficient (Wildman–Crippen LogP) is 2.35. The Morgan fingerprint density at radius 3 is 2.55 bits per heavy atom. The summed E-state index contributed by atoms with van der Waals surface area (Å²) in [5, 5.41) is 14.6. The topological polar surface area (TPSA) is 55.2 Å². The Kier molecular flexibility index (Phi) is 3.24. The molecule has 0 radical (unpaired) electrons. The highest BCUT2D eigenvalue weighted by atomic mass is 16.6. The summed E-state index contributed by atoms with van der Waals surface area (Å²) in [7, 11) is 0. The van der Waals surface area contributed by atoms with Crippen molar-refractivity contribution in [3.8, 4) is 0 Å². The third kappa shape index (κ3) is 2.08. The summed E-state index contributed by atoms with van der Waals surface area (Å²) in [6.07, 6.45) is 0.905. The molecule has 1 N–H and O–H groups in total. The molecule has 0 spiro atoms. The highest BCUT2D eigenvalue weighted by molar-refractivity contribution is 5.45. The summed E-state index contributed by atoms with van der Waals surface area (Å²) < 4.78 is 0. The number of nitro groups is 1. The van der Waals surface area contributed by atoms with Gasteiger partial charge < -0.3 is 0 Å². The average molecular weight is 268 g/mol. The van der Waals surface area contributed by atoms with E-state index in [1.54, 1.807) is 0 Å². The number of rotatable bonds is 3. The van der Waals surface area contributed by atoms with Gasteiger partial charge in [-0.05, 0) is 23.1 Å². The molecule has 1 unspecified atom stereocenters. The number of hydrogen-bond acceptors (Lipinski definition) is 3. The molecule has 3 rings (SSSR count). The van der Waals surface area contributed by atoms with Gasteiger partial charge in [-0.25, -0.2) is 0 Å². The van der Waals surface area contributed by atoms with Crippen molar-refractivity contribution in [2.75, 3.05) is 13.1 Å². The lowest BCUT2D eigenvalue weighted by Gasteiger charge is -2.37. The Hall–Kier alpha value is -2.20. The molecule has 20 heavy (non-hydrogen) atoms. The second-order valence-corrected chi connectivity index (χ2v) is 5.10. The van der Waals surface area contributed by atoms with E-state index in [0.29, 0.717) is 0 Å². The molecule has 102 valence electrons. The van der Waals surface area contributed by atoms with Gasteiger partial charge in [0, 0.05) is 11.5 Å². The van der Waals surface area contributed by atoms with Crippen LogP contribution >= 0.6 is 0 Å². The molecule has 0 saturated heterocycles. The molecule has 0 aromatic heterocycles. The summed E-state index contributed by atoms with van der Waals surface area (Å²) in [6, 6.07) is 17.7. The summed E-state index contributed by atoms with van der Waals surface area (Å²) in [5.74, 6) is 0. The van der Waals surface area contributed by atoms with Crippen LogP contribution in [0, 0.1) is 10.1 Å². The van der Waals surface area contributed by atoms with E-state index in [4.69, 9.17) is 0 Å². The maximum absolute atomic E-state index is 11.2. The third-order valence-electron chi connectivity index (χ3n) is 3.93. The SMILES string of the molecule is O=[N+]([O-])CC1(c2ccccc2)NCCc2ccccc21. The minimum Gasteiger partial charge on any atom is -0.298 e. The fourth-order valence-electron chi connectivity index (χ4n) is 3.07. The number of benzene rings is 2. The van der Waals surface area contributed by atoms with Crippen LogP contribution < -0.4 is 5.32 Å². The Morgan fingerprint density at radius 1 is 1.10 bits per heavy atom. The standard InChI is InChI=1S/C16H16N2O2/c19-18(20)12-16(14-7-2-1-3-8-14)15-9-5-4-6-13(15)10-11-17-16/h1-9,17H,10-12H2. The van der Waals surface area contributed by atoms with Gasteiger partial charge in [0.25, 0.3) is 0 Å². The van der Waals surface area contributed by atoms with Gasteiger partial charge in [0.05, 0.1) is 0 Å². The minimum absolute atomic E-state index is 0.145. The van der Waals surface area contributed by atoms with E-state index < -0.39 is 5.54 Å². The zero-order valence-corrected chi connectivity index (χ0v) is 11.1. The van der Waals surface area contributed by atoms with Crippen LogP contribution in [0.15, 0.2) is 54.6 Å². The van der Waals surface area contributed by atoms with E-state index in [0.717, 1.165) is 24.1 Å². The second-order valence-electron chi connectivity index (χ2n) is 5.10. The molecular weight excluding hydrogens is 252 g/mol. The second kappa shape index (κ2) is 5.06. The lowest BCUT2D eigenvalue weighted by atomic mass is 9.77. The van der Waals surface area contributed by atoms with Crippen LogP contribution in [0.1, 0.15) is 16.7 Å². The number of nitrogens with one attached hydrogen (secondary N) is 1. The number of hydrogen-bond donors (Lipinski definition) is 1. The number of fused-ring (bicyclic) bond motifs is 1. The molecule has 1 atom stereocenters. The molecule has 4 nitrogen and oxygen atoms in total. The van der Waals surface area contributed by atoms with E-state index in [-0.39, 0.29) is 11.5 Å². The third-order valence-corrected chi connectivity index (χ3v) is 3.93. The molecule has 1 heterocycles. The van der Waals surface area contributed by atoms with Gasteiger partial charge in [-0.3, -0.25) is 15.4 Å². The van der Waals surface area contributed by atoms with Crippen molar-refractivity contribution in [3.05, 3.63) is 81.4 Å². The van der Waals surface area contributed by atoms with Gasteiger partial charge >= 0.3 is 0 Å². The van der Waals surface area contributed by atoms with Crippen molar-refractivity contribution in [2.45, 2.75) is 12.0 Å². The zero-order valence-electron chi connectivity index (χ0n) is 11.1. The fourth-order valence-corrected chi connectivity index (χ4v) is 3.07. The van der Waals surface area contributed by atoms with Crippen molar-refractivity contribution < 1.29 is 4.92 Å². The van der Waals surface area contributed by atoms with Crippen LogP contribution in [-0.2, 0) is 12.0 Å². The monoisotopic (exact) mass is 268 g/mol. The normalized spacial score (nSPS) is 21.2. The van der Waals surface area contributed by atoms with Crippen LogP contribution in [0.25, 0.3) is 0 Å². The maximum Gasteiger partial charge on any atom is 0.230 e. The summed E-state index contributed by atoms with van der Waals surface area (Å²) >= 11 is 0. The molecule has 0 fully saturated rings. The summed E-state index contributed by atoms with van der Waals surface area (Å²) in [5.41, 5.74) is 2.44. The van der Waals surface area contributed by atoms with Crippen molar-refractivity contribution in [1.82, 2.24) is 5.32 Å². The van der Waals surface area contributed by atoms with Crippen LogP contribution in [0.2, 0.25) is 0 Å². The summed E-state index contributed by atoms with van der Waals surface area (Å²) in [6.45, 7) is 0.605. The first-order valence-electron chi connectivity index (χ1n) is 6.73. The van der Waals surface area contributed by atoms with Gasteiger partial charge in [0.2, 0.25) is 6.54 Å². The number of nitrogens with zero attached hydrogens (tertiary/aromatic N) is 1. The molecule has 2 aromatic carbocycles. The predicted molar refractivity (Wildman–Crippen MR) is 77.2 cm³/mol. The first-order valence-corrected chi connectivity index (χ1v) is 6.73. The minimum atomic E-state index is -0.723. The van der Waals surface area contributed by atoms with Crippen molar-refractivity contribution >= 4 is 0 Å². The molecule has 1 aliphatic heterocycles. The molecule has 2 aromatic rings. The van der Waals surface area contributed by atoms with Gasteiger partial charge in [0.1, 0.15) is 5.54 Å². The van der Waals surface area contributed by atoms with E-state index in [1.807, 2.05) is 48.5 Å². The van der Waals surface area contributed by atoms with Crippen LogP contribution in [-0.4, -0.2) is 18.0 Å². The van der Waals surface area contributed by atoms with Gasteiger partial charge in [-0.2, -0.15) is 0 Å². The van der Waals surface area contributed by atoms with Crippen molar-refractivity contribution in [2.24, 2.45) is 0 Å². The average Bonchev–Trinajstić information content (AvgIpc) is 2.48. The van der Waals surface area contributed by atoms with Crippen LogP contribution in [0.3, 0.4) is 0 Å². The molecule has 0 amide bonds. The van der Waals surface area contributed by atoms with Crippen molar-refractivity contribution in [1.29, 1.82) is 0 Å². The molecule has 4 heteroatoms. The first-order chi connectivity index (χ1) is 9.72. The van der Waals surface area contributed by atoms with Crippen LogP contribution in [0.4, 0.5) is 0 Å². The van der Waals surface area contributed by atoms with E-state index in [2.05, 4.69) is 11.4 Å². The molecular formula is C16H16N2O2. The smallest absolute Gasteiger partial charge is 0.230 e. The molecule has 0 saturated carbocycles. The van der Waals surface area contributed by atoms with Crippen molar-refractivity contribution in [3.63, 3.8) is 0 Å². The highest BCUT2D eigenvalue weighted by Gasteiger charge is 2.42. The lowest BCUT2D eigenvalue weighted by molar-refractivity contribution is -0.490. The maximum atomic E-state index is 11.2. The Morgan fingerprint density at radius 2 is 1.80 bits per heavy atom. The Balaban J connectivity index is 2.20. The van der Waals surface area contributed by atoms with Gasteiger partial charge in [0.15, 0.2) is 0 Å². The largest absolute Gasteiger partial charge is 0.298 e. The zero-order chi connectivity index (χ0) is 14.0. The van der Waals surface area contributed by atoms with Gasteiger partial charge in [-0.1, -0.05) is 54.6 Å².